The summed E-state index contributed by atoms with van der Waals surface area (Å²) in [5.41, 5.74) is 2.25. The number of hydrogen-bond donors (Lipinski definition) is 1. The quantitative estimate of drug-likeness (QED) is 0.634. The van der Waals surface area contributed by atoms with Crippen LogP contribution >= 0.6 is 15.9 Å². The predicted octanol–water partition coefficient (Wildman–Crippen LogP) is 4.80. The van der Waals surface area contributed by atoms with Gasteiger partial charge in [0.1, 0.15) is 0 Å². The van der Waals surface area contributed by atoms with Gasteiger partial charge in [-0.05, 0) is 42.5 Å². The van der Waals surface area contributed by atoms with Crippen LogP contribution < -0.4 is 5.32 Å². The molecule has 0 saturated heterocycles. The monoisotopic (exact) mass is 404 g/mol. The molecule has 0 unspecified atom stereocenters. The second-order valence-electron chi connectivity index (χ2n) is 5.53. The molecule has 0 aliphatic carbocycles. The standard InChI is InChI=1S/C21H13BrN2O2/c22-17-10-11-18(20(25)15-4-2-1-3-5-15)19(12-17)24-21(26)16-8-6-14(13-23)7-9-16/h1-12H,(H,24,26). The Morgan fingerprint density at radius 2 is 1.58 bits per heavy atom. The lowest BCUT2D eigenvalue weighted by Crippen LogP contribution is -2.15. The number of amides is 1. The van der Waals surface area contributed by atoms with E-state index in [4.69, 9.17) is 5.26 Å². The zero-order valence-corrected chi connectivity index (χ0v) is 15.2. The van der Waals surface area contributed by atoms with Gasteiger partial charge in [-0.25, -0.2) is 0 Å². The number of nitrogens with zero attached hydrogens (tertiary/aromatic N) is 1. The van der Waals surface area contributed by atoms with Gasteiger partial charge < -0.3 is 5.32 Å². The Bertz CT molecular complexity index is 1010. The Morgan fingerprint density at radius 3 is 2.23 bits per heavy atom. The van der Waals surface area contributed by atoms with E-state index >= 15 is 0 Å². The van der Waals surface area contributed by atoms with E-state index < -0.39 is 0 Å². The molecule has 1 amide bonds. The molecule has 0 aliphatic rings. The normalized spacial score (nSPS) is 10.0. The molecule has 1 N–H and O–H groups in total. The highest BCUT2D eigenvalue weighted by Gasteiger charge is 2.16. The number of carbonyl (C=O) groups excluding carboxylic acids is 2. The van der Waals surface area contributed by atoms with E-state index in [0.717, 1.165) is 4.47 Å². The Labute approximate surface area is 159 Å². The van der Waals surface area contributed by atoms with Gasteiger partial charge in [0.05, 0.1) is 17.3 Å². The van der Waals surface area contributed by atoms with E-state index in [2.05, 4.69) is 21.2 Å². The molecule has 0 fully saturated rings. The Morgan fingerprint density at radius 1 is 0.885 bits per heavy atom. The second kappa shape index (κ2) is 7.77. The van der Waals surface area contributed by atoms with Crippen LogP contribution in [0.4, 0.5) is 5.69 Å². The van der Waals surface area contributed by atoms with Crippen molar-refractivity contribution in [3.05, 3.63) is 99.5 Å². The maximum absolute atomic E-state index is 12.8. The Kier molecular flexibility index (Phi) is 5.26. The van der Waals surface area contributed by atoms with E-state index in [1.807, 2.05) is 12.1 Å². The lowest BCUT2D eigenvalue weighted by molar-refractivity contribution is 0.102. The van der Waals surface area contributed by atoms with Gasteiger partial charge in [-0.3, -0.25) is 9.59 Å². The van der Waals surface area contributed by atoms with Crippen LogP contribution in [-0.4, -0.2) is 11.7 Å². The average Bonchev–Trinajstić information content (AvgIpc) is 2.68. The summed E-state index contributed by atoms with van der Waals surface area (Å²) in [5.74, 6) is -0.525. The molecular formula is C21H13BrN2O2. The smallest absolute Gasteiger partial charge is 0.255 e. The molecule has 4 nitrogen and oxygen atoms in total. The number of benzene rings is 3. The predicted molar refractivity (Wildman–Crippen MR) is 103 cm³/mol. The number of nitrogens with one attached hydrogen (secondary N) is 1. The lowest BCUT2D eigenvalue weighted by atomic mass is 10.0. The zero-order chi connectivity index (χ0) is 18.5. The molecule has 0 aromatic heterocycles. The van der Waals surface area contributed by atoms with Crippen molar-refractivity contribution in [3.8, 4) is 6.07 Å². The number of carbonyl (C=O) groups is 2. The van der Waals surface area contributed by atoms with Crippen molar-refractivity contribution in [3.63, 3.8) is 0 Å². The summed E-state index contributed by atoms with van der Waals surface area (Å²) < 4.78 is 0.747. The van der Waals surface area contributed by atoms with Crippen molar-refractivity contribution in [1.29, 1.82) is 5.26 Å². The van der Waals surface area contributed by atoms with Crippen LogP contribution in [0.2, 0.25) is 0 Å². The minimum absolute atomic E-state index is 0.173. The molecule has 3 aromatic carbocycles. The number of hydrogen-bond acceptors (Lipinski definition) is 3. The summed E-state index contributed by atoms with van der Waals surface area (Å²) in [6.07, 6.45) is 0. The van der Waals surface area contributed by atoms with Crippen molar-refractivity contribution in [1.82, 2.24) is 0 Å². The third kappa shape index (κ3) is 3.88. The molecule has 0 aliphatic heterocycles. The zero-order valence-electron chi connectivity index (χ0n) is 13.6. The molecule has 3 aromatic rings. The number of ketones is 1. The molecule has 26 heavy (non-hydrogen) atoms. The topological polar surface area (TPSA) is 70.0 Å². The Hall–Kier alpha value is -3.23. The largest absolute Gasteiger partial charge is 0.321 e. The van der Waals surface area contributed by atoms with Crippen LogP contribution in [0.1, 0.15) is 31.8 Å². The first-order valence-corrected chi connectivity index (χ1v) is 8.58. The summed E-state index contributed by atoms with van der Waals surface area (Å²) >= 11 is 3.37. The molecule has 126 valence electrons. The number of anilines is 1. The molecule has 0 saturated carbocycles. The van der Waals surface area contributed by atoms with Crippen LogP contribution in [0.3, 0.4) is 0 Å². The van der Waals surface area contributed by atoms with Crippen LogP contribution in [0.25, 0.3) is 0 Å². The molecule has 0 bridgehead atoms. The van der Waals surface area contributed by atoms with Crippen molar-refractivity contribution in [2.24, 2.45) is 0 Å². The van der Waals surface area contributed by atoms with Crippen LogP contribution in [-0.2, 0) is 0 Å². The first kappa shape index (κ1) is 17.6. The van der Waals surface area contributed by atoms with Gasteiger partial charge in [-0.1, -0.05) is 46.3 Å². The third-order valence-electron chi connectivity index (χ3n) is 3.79. The van der Waals surface area contributed by atoms with E-state index in [0.29, 0.717) is 27.9 Å². The summed E-state index contributed by atoms with van der Waals surface area (Å²) in [7, 11) is 0. The molecule has 0 radical (unpaired) electrons. The molecule has 0 atom stereocenters. The Balaban J connectivity index is 1.92. The molecule has 0 heterocycles. The second-order valence-corrected chi connectivity index (χ2v) is 6.44. The first-order chi connectivity index (χ1) is 12.6. The molecule has 3 rings (SSSR count). The van der Waals surface area contributed by atoms with Crippen LogP contribution in [0, 0.1) is 11.3 Å². The fraction of sp³-hybridized carbons (Fsp3) is 0. The van der Waals surface area contributed by atoms with Gasteiger partial charge in [0.15, 0.2) is 5.78 Å². The van der Waals surface area contributed by atoms with Crippen molar-refractivity contribution in [2.75, 3.05) is 5.32 Å². The highest BCUT2D eigenvalue weighted by atomic mass is 79.9. The van der Waals surface area contributed by atoms with Crippen molar-refractivity contribution in [2.45, 2.75) is 0 Å². The fourth-order valence-corrected chi connectivity index (χ4v) is 2.81. The molecule has 0 spiro atoms. The third-order valence-corrected chi connectivity index (χ3v) is 4.28. The number of nitriles is 1. The van der Waals surface area contributed by atoms with Crippen LogP contribution in [0.15, 0.2) is 77.3 Å². The van der Waals surface area contributed by atoms with E-state index in [1.54, 1.807) is 66.7 Å². The molecule has 5 heteroatoms. The first-order valence-electron chi connectivity index (χ1n) is 7.79. The average molecular weight is 405 g/mol. The molecular weight excluding hydrogens is 392 g/mol. The highest BCUT2D eigenvalue weighted by Crippen LogP contribution is 2.25. The van der Waals surface area contributed by atoms with Gasteiger partial charge in [0, 0.05) is 21.2 Å². The van der Waals surface area contributed by atoms with Gasteiger partial charge >= 0.3 is 0 Å². The summed E-state index contributed by atoms with van der Waals surface area (Å²) in [5, 5.41) is 11.6. The van der Waals surface area contributed by atoms with Crippen molar-refractivity contribution < 1.29 is 9.59 Å². The minimum atomic E-state index is -0.352. The van der Waals surface area contributed by atoms with Crippen molar-refractivity contribution >= 4 is 33.3 Å². The summed E-state index contributed by atoms with van der Waals surface area (Å²) in [4.78, 5) is 25.3. The van der Waals surface area contributed by atoms with E-state index in [9.17, 15) is 9.59 Å². The number of rotatable bonds is 4. The van der Waals surface area contributed by atoms with Gasteiger partial charge in [0.2, 0.25) is 0 Å². The lowest BCUT2D eigenvalue weighted by Gasteiger charge is -2.11. The van der Waals surface area contributed by atoms with Gasteiger partial charge in [-0.2, -0.15) is 5.26 Å². The van der Waals surface area contributed by atoms with E-state index in [-0.39, 0.29) is 11.7 Å². The fourth-order valence-electron chi connectivity index (χ4n) is 2.45. The minimum Gasteiger partial charge on any atom is -0.321 e. The van der Waals surface area contributed by atoms with Crippen LogP contribution in [0.5, 0.6) is 0 Å². The maximum Gasteiger partial charge on any atom is 0.255 e. The highest BCUT2D eigenvalue weighted by molar-refractivity contribution is 9.10. The summed E-state index contributed by atoms with van der Waals surface area (Å²) in [6.45, 7) is 0. The van der Waals surface area contributed by atoms with Gasteiger partial charge in [-0.15, -0.1) is 0 Å². The SMILES string of the molecule is N#Cc1ccc(C(=O)Nc2cc(Br)ccc2C(=O)c2ccccc2)cc1. The van der Waals surface area contributed by atoms with E-state index in [1.165, 1.54) is 0 Å². The summed E-state index contributed by atoms with van der Waals surface area (Å²) in [6, 6.07) is 22.3. The maximum atomic E-state index is 12.8. The van der Waals surface area contributed by atoms with Gasteiger partial charge in [0.25, 0.3) is 5.91 Å². The number of halogens is 1.